The van der Waals surface area contributed by atoms with Crippen LogP contribution in [0.3, 0.4) is 0 Å². The zero-order valence-electron chi connectivity index (χ0n) is 14.1. The lowest BCUT2D eigenvalue weighted by atomic mass is 10.1. The normalized spacial score (nSPS) is 12.0. The molecule has 2 aromatic heterocycles. The quantitative estimate of drug-likeness (QED) is 0.479. The molecule has 0 spiro atoms. The fourth-order valence-corrected chi connectivity index (χ4v) is 4.38. The number of pyridine rings is 1. The number of aromatic amines is 2. The van der Waals surface area contributed by atoms with Crippen LogP contribution in [0.25, 0.3) is 21.8 Å². The fraction of sp³-hybridized carbons (Fsp3) is 0.105. The molecule has 2 aromatic carbocycles. The van der Waals surface area contributed by atoms with Gasteiger partial charge < -0.3 is 9.97 Å². The molecule has 8 heteroatoms. The highest BCUT2D eigenvalue weighted by atomic mass is 35.5. The minimum absolute atomic E-state index is 0.148. The van der Waals surface area contributed by atoms with Crippen LogP contribution in [0.1, 0.15) is 5.56 Å². The lowest BCUT2D eigenvalue weighted by Crippen LogP contribution is -2.26. The van der Waals surface area contributed by atoms with Crippen molar-refractivity contribution in [3.63, 3.8) is 0 Å². The van der Waals surface area contributed by atoms with Crippen LogP contribution in [0.15, 0.2) is 64.4 Å². The van der Waals surface area contributed by atoms with Crippen LogP contribution in [0.2, 0.25) is 5.02 Å². The predicted octanol–water partition coefficient (Wildman–Crippen LogP) is 3.18. The van der Waals surface area contributed by atoms with E-state index in [0.717, 1.165) is 5.56 Å². The number of rotatable bonds is 5. The molecule has 0 atom stereocenters. The number of nitrogens with one attached hydrogen (secondary N) is 3. The van der Waals surface area contributed by atoms with Gasteiger partial charge in [0.05, 0.1) is 4.90 Å². The molecule has 0 bridgehead atoms. The minimum Gasteiger partial charge on any atom is -0.350 e. The first-order valence-electron chi connectivity index (χ1n) is 8.32. The number of hydrogen-bond donors (Lipinski definition) is 3. The Balaban J connectivity index is 1.62. The first kappa shape index (κ1) is 17.8. The number of benzene rings is 2. The second-order valence-corrected chi connectivity index (χ2v) is 8.34. The van der Waals surface area contributed by atoms with E-state index in [4.69, 9.17) is 11.6 Å². The third kappa shape index (κ3) is 3.37. The van der Waals surface area contributed by atoms with Crippen molar-refractivity contribution in [2.24, 2.45) is 0 Å². The van der Waals surface area contributed by atoms with Crippen molar-refractivity contribution in [1.29, 1.82) is 0 Å². The number of aromatic nitrogens is 2. The largest absolute Gasteiger partial charge is 0.350 e. The van der Waals surface area contributed by atoms with Crippen molar-refractivity contribution >= 4 is 43.4 Å². The molecule has 0 fully saturated rings. The number of sulfonamides is 1. The highest BCUT2D eigenvalue weighted by Crippen LogP contribution is 2.25. The molecule has 0 aliphatic rings. The zero-order valence-corrected chi connectivity index (χ0v) is 15.7. The van der Waals surface area contributed by atoms with Crippen LogP contribution in [-0.2, 0) is 16.4 Å². The first-order valence-corrected chi connectivity index (χ1v) is 10.2. The van der Waals surface area contributed by atoms with E-state index in [-0.39, 0.29) is 17.0 Å². The average Bonchev–Trinajstić information content (AvgIpc) is 3.03. The van der Waals surface area contributed by atoms with Gasteiger partial charge >= 0.3 is 0 Å². The number of hydrogen-bond acceptors (Lipinski definition) is 3. The fourth-order valence-electron chi connectivity index (χ4n) is 3.09. The lowest BCUT2D eigenvalue weighted by Gasteiger charge is -2.08. The summed E-state index contributed by atoms with van der Waals surface area (Å²) in [5, 5.41) is 1.98. The Hall–Kier alpha value is -2.61. The molecule has 0 amide bonds. The van der Waals surface area contributed by atoms with Gasteiger partial charge in [0, 0.05) is 34.1 Å². The number of H-pyrrole nitrogens is 2. The Kier molecular flexibility index (Phi) is 4.51. The van der Waals surface area contributed by atoms with E-state index in [1.807, 2.05) is 18.2 Å². The summed E-state index contributed by atoms with van der Waals surface area (Å²) in [4.78, 5) is 17.7. The summed E-state index contributed by atoms with van der Waals surface area (Å²) in [6, 6.07) is 13.8. The van der Waals surface area contributed by atoms with Crippen LogP contribution >= 0.6 is 11.6 Å². The predicted molar refractivity (Wildman–Crippen MR) is 107 cm³/mol. The minimum atomic E-state index is -3.68. The molecule has 0 saturated heterocycles. The third-order valence-electron chi connectivity index (χ3n) is 4.46. The zero-order chi connectivity index (χ0) is 19.0. The SMILES string of the molecule is O=c1[nH]ccc2c1[nH]c1ccc(S(=O)(=O)NCCc3ccccc3Cl)cc12. The van der Waals surface area contributed by atoms with E-state index in [1.54, 1.807) is 30.5 Å². The maximum absolute atomic E-state index is 12.7. The maximum Gasteiger partial charge on any atom is 0.272 e. The summed E-state index contributed by atoms with van der Waals surface area (Å²) in [5.74, 6) is 0. The molecule has 2 heterocycles. The third-order valence-corrected chi connectivity index (χ3v) is 6.28. The summed E-state index contributed by atoms with van der Waals surface area (Å²) < 4.78 is 27.9. The topological polar surface area (TPSA) is 94.8 Å². The van der Waals surface area contributed by atoms with Crippen molar-refractivity contribution < 1.29 is 8.42 Å². The molecule has 27 heavy (non-hydrogen) atoms. The summed E-state index contributed by atoms with van der Waals surface area (Å²) in [7, 11) is -3.68. The highest BCUT2D eigenvalue weighted by molar-refractivity contribution is 7.89. The van der Waals surface area contributed by atoms with Gasteiger partial charge in [-0.1, -0.05) is 29.8 Å². The Morgan fingerprint density at radius 1 is 1.04 bits per heavy atom. The molecule has 0 aliphatic heterocycles. The first-order chi connectivity index (χ1) is 13.0. The summed E-state index contributed by atoms with van der Waals surface area (Å²) in [6.45, 7) is 0.234. The van der Waals surface area contributed by atoms with Gasteiger partial charge in [-0.15, -0.1) is 0 Å². The lowest BCUT2D eigenvalue weighted by molar-refractivity contribution is 0.582. The molecule has 4 rings (SSSR count). The Morgan fingerprint density at radius 3 is 2.67 bits per heavy atom. The molecular weight excluding hydrogens is 386 g/mol. The van der Waals surface area contributed by atoms with Gasteiger partial charge in [0.15, 0.2) is 0 Å². The second kappa shape index (κ2) is 6.84. The van der Waals surface area contributed by atoms with E-state index in [2.05, 4.69) is 14.7 Å². The van der Waals surface area contributed by atoms with E-state index in [0.29, 0.717) is 33.2 Å². The number of halogens is 1. The Morgan fingerprint density at radius 2 is 1.85 bits per heavy atom. The van der Waals surface area contributed by atoms with E-state index in [1.165, 1.54) is 6.07 Å². The smallest absolute Gasteiger partial charge is 0.272 e. The summed E-state index contributed by atoms with van der Waals surface area (Å²) in [5.41, 5.74) is 1.77. The van der Waals surface area contributed by atoms with E-state index >= 15 is 0 Å². The summed E-state index contributed by atoms with van der Waals surface area (Å²) in [6.07, 6.45) is 2.03. The molecule has 0 radical (unpaired) electrons. The van der Waals surface area contributed by atoms with Gasteiger partial charge in [-0.2, -0.15) is 0 Å². The highest BCUT2D eigenvalue weighted by Gasteiger charge is 2.16. The van der Waals surface area contributed by atoms with Crippen molar-refractivity contribution in [2.75, 3.05) is 6.54 Å². The Bertz CT molecular complexity index is 1310. The van der Waals surface area contributed by atoms with Crippen LogP contribution < -0.4 is 10.3 Å². The van der Waals surface area contributed by atoms with Crippen LogP contribution in [0.5, 0.6) is 0 Å². The molecular formula is C19H16ClN3O3S. The second-order valence-electron chi connectivity index (χ2n) is 6.17. The van der Waals surface area contributed by atoms with Crippen molar-refractivity contribution in [2.45, 2.75) is 11.3 Å². The van der Waals surface area contributed by atoms with Crippen molar-refractivity contribution in [1.82, 2.24) is 14.7 Å². The molecule has 0 unspecified atom stereocenters. The van der Waals surface area contributed by atoms with Gasteiger partial charge in [0.25, 0.3) is 5.56 Å². The average molecular weight is 402 g/mol. The molecule has 3 N–H and O–H groups in total. The van der Waals surface area contributed by atoms with Gasteiger partial charge in [-0.25, -0.2) is 13.1 Å². The molecule has 138 valence electrons. The molecule has 0 aliphatic carbocycles. The van der Waals surface area contributed by atoms with Gasteiger partial charge in [-0.05, 0) is 42.3 Å². The van der Waals surface area contributed by atoms with Gasteiger partial charge in [0.2, 0.25) is 10.0 Å². The Labute approximate surface area is 160 Å². The molecule has 6 nitrogen and oxygen atoms in total. The van der Waals surface area contributed by atoms with E-state index < -0.39 is 10.0 Å². The van der Waals surface area contributed by atoms with Gasteiger partial charge in [0.1, 0.15) is 5.52 Å². The van der Waals surface area contributed by atoms with Crippen LogP contribution in [-0.4, -0.2) is 24.9 Å². The van der Waals surface area contributed by atoms with Crippen molar-refractivity contribution in [3.05, 3.63) is 75.7 Å². The summed E-state index contributed by atoms with van der Waals surface area (Å²) >= 11 is 6.10. The maximum atomic E-state index is 12.7. The monoisotopic (exact) mass is 401 g/mol. The van der Waals surface area contributed by atoms with Crippen molar-refractivity contribution in [3.8, 4) is 0 Å². The molecule has 0 saturated carbocycles. The van der Waals surface area contributed by atoms with Crippen LogP contribution in [0.4, 0.5) is 0 Å². The standard InChI is InChI=1S/C19H16ClN3O3S/c20-16-4-2-1-3-12(16)7-10-22-27(25,26)13-5-6-17-15(11-13)14-8-9-21-19(24)18(14)23-17/h1-6,8-9,11,22-23H,7,10H2,(H,21,24). The van der Waals surface area contributed by atoms with Crippen LogP contribution in [0, 0.1) is 0 Å². The molecule has 4 aromatic rings. The number of fused-ring (bicyclic) bond motifs is 3. The van der Waals surface area contributed by atoms with Gasteiger partial charge in [-0.3, -0.25) is 4.79 Å². The van der Waals surface area contributed by atoms with E-state index in [9.17, 15) is 13.2 Å².